The number of nitrogen functional groups attached to an aromatic ring is 1. The largest absolute Gasteiger partial charge is 0.504 e. The Kier molecular flexibility index (Phi) is 7.00. The molecule has 156 valence electrons. The highest BCUT2D eigenvalue weighted by Crippen LogP contribution is 2.26. The number of ether oxygens (including phenoxy) is 2. The second-order valence-corrected chi connectivity index (χ2v) is 10.4. The Morgan fingerprint density at radius 1 is 1.00 bits per heavy atom. The van der Waals surface area contributed by atoms with Crippen LogP contribution in [0.25, 0.3) is 0 Å². The van der Waals surface area contributed by atoms with Gasteiger partial charge in [-0.05, 0) is 48.2 Å². The van der Waals surface area contributed by atoms with Crippen molar-refractivity contribution in [3.8, 4) is 28.4 Å². The lowest BCUT2D eigenvalue weighted by molar-refractivity contribution is 0.373. The summed E-state index contributed by atoms with van der Waals surface area (Å²) in [6.45, 7) is 0. The predicted molar refractivity (Wildman–Crippen MR) is 110 cm³/mol. The molecule has 0 saturated heterocycles. The molecule has 0 heterocycles. The van der Waals surface area contributed by atoms with E-state index in [0.717, 1.165) is 0 Å². The van der Waals surface area contributed by atoms with Crippen LogP contribution < -0.4 is 15.2 Å². The van der Waals surface area contributed by atoms with Gasteiger partial charge in [-0.2, -0.15) is 0 Å². The Labute approximate surface area is 170 Å². The topological polar surface area (TPSA) is 133 Å². The highest BCUT2D eigenvalue weighted by atomic mass is 32.3. The molecule has 2 aromatic rings. The van der Waals surface area contributed by atoms with Crippen molar-refractivity contribution in [1.29, 1.82) is 0 Å². The molecule has 10 heteroatoms. The highest BCUT2D eigenvalue weighted by Gasteiger charge is 2.21. The van der Waals surface area contributed by atoms with Crippen molar-refractivity contribution < 1.29 is 31.4 Å². The Hall–Kier alpha value is -2.90. The minimum absolute atomic E-state index is 0.0395. The van der Waals surface area contributed by atoms with Crippen LogP contribution in [0.1, 0.15) is 11.1 Å². The predicted octanol–water partition coefficient (Wildman–Crippen LogP) is 1.33. The molecule has 0 aliphatic carbocycles. The van der Waals surface area contributed by atoms with Crippen LogP contribution in [0.2, 0.25) is 0 Å². The SMILES string of the molecule is COc1ccc(C#CS(=O)(=O)CS(=O)(=O)CCc2ccc(OC)c(O)c2)cc1N. The number of rotatable bonds is 7. The Bertz CT molecular complexity index is 1160. The smallest absolute Gasteiger partial charge is 0.231 e. The van der Waals surface area contributed by atoms with Crippen molar-refractivity contribution in [2.24, 2.45) is 0 Å². The minimum Gasteiger partial charge on any atom is -0.504 e. The number of phenols is 1. The van der Waals surface area contributed by atoms with Crippen molar-refractivity contribution in [2.45, 2.75) is 6.42 Å². The summed E-state index contributed by atoms with van der Waals surface area (Å²) >= 11 is 0. The van der Waals surface area contributed by atoms with Crippen molar-refractivity contribution in [3.05, 3.63) is 47.5 Å². The van der Waals surface area contributed by atoms with Crippen LogP contribution in [-0.2, 0) is 26.1 Å². The molecule has 0 aliphatic rings. The van der Waals surface area contributed by atoms with Crippen molar-refractivity contribution in [2.75, 3.05) is 30.8 Å². The molecule has 0 bridgehead atoms. The van der Waals surface area contributed by atoms with E-state index in [4.69, 9.17) is 15.2 Å². The van der Waals surface area contributed by atoms with Crippen LogP contribution in [-0.4, -0.2) is 47.0 Å². The first kappa shape index (κ1) is 22.4. The number of aromatic hydroxyl groups is 1. The molecule has 0 fully saturated rings. The molecule has 2 rings (SSSR count). The lowest BCUT2D eigenvalue weighted by atomic mass is 10.1. The third-order valence-corrected chi connectivity index (χ3v) is 7.78. The van der Waals surface area contributed by atoms with Crippen molar-refractivity contribution in [3.63, 3.8) is 0 Å². The van der Waals surface area contributed by atoms with E-state index < -0.39 is 30.5 Å². The van der Waals surface area contributed by atoms with Gasteiger partial charge in [0.25, 0.3) is 0 Å². The third-order valence-electron chi connectivity index (χ3n) is 3.86. The summed E-state index contributed by atoms with van der Waals surface area (Å²) in [6.07, 6.45) is 0.0395. The van der Waals surface area contributed by atoms with Gasteiger partial charge in [0.05, 0.1) is 25.7 Å². The van der Waals surface area contributed by atoms with Crippen LogP contribution in [0.5, 0.6) is 17.2 Å². The van der Waals surface area contributed by atoms with E-state index in [9.17, 15) is 21.9 Å². The maximum absolute atomic E-state index is 12.2. The van der Waals surface area contributed by atoms with Gasteiger partial charge in [-0.3, -0.25) is 0 Å². The molecule has 0 aromatic heterocycles. The van der Waals surface area contributed by atoms with E-state index in [0.29, 0.717) is 16.9 Å². The average molecular weight is 440 g/mol. The zero-order valence-corrected chi connectivity index (χ0v) is 17.5. The number of hydrogen-bond donors (Lipinski definition) is 2. The van der Waals surface area contributed by atoms with Crippen LogP contribution in [0.15, 0.2) is 36.4 Å². The third kappa shape index (κ3) is 6.58. The van der Waals surface area contributed by atoms with E-state index >= 15 is 0 Å². The van der Waals surface area contributed by atoms with Crippen LogP contribution in [0, 0.1) is 11.2 Å². The maximum Gasteiger partial charge on any atom is 0.231 e. The number of benzene rings is 2. The summed E-state index contributed by atoms with van der Waals surface area (Å²) in [5, 5.41) is 10.6. The first-order valence-electron chi connectivity index (χ1n) is 8.30. The number of phenolic OH excluding ortho intramolecular Hbond substituents is 1. The van der Waals surface area contributed by atoms with Gasteiger partial charge in [-0.25, -0.2) is 16.8 Å². The Morgan fingerprint density at radius 2 is 1.66 bits per heavy atom. The second kappa shape index (κ2) is 9.07. The zero-order valence-electron chi connectivity index (χ0n) is 15.9. The van der Waals surface area contributed by atoms with Gasteiger partial charge in [0.2, 0.25) is 9.84 Å². The molecule has 3 N–H and O–H groups in total. The number of aryl methyl sites for hydroxylation is 1. The summed E-state index contributed by atoms with van der Waals surface area (Å²) in [5.41, 5.74) is 6.87. The van der Waals surface area contributed by atoms with Gasteiger partial charge in [0, 0.05) is 10.8 Å². The lowest BCUT2D eigenvalue weighted by Gasteiger charge is -2.06. The van der Waals surface area contributed by atoms with Gasteiger partial charge < -0.3 is 20.3 Å². The van der Waals surface area contributed by atoms with Gasteiger partial charge in [-0.1, -0.05) is 6.07 Å². The number of anilines is 1. The molecular formula is C19H21NO7S2. The van der Waals surface area contributed by atoms with Gasteiger partial charge in [0.1, 0.15) is 5.75 Å². The molecule has 29 heavy (non-hydrogen) atoms. The molecule has 2 aromatic carbocycles. The fourth-order valence-corrected chi connectivity index (χ4v) is 5.86. The molecule has 0 amide bonds. The van der Waals surface area contributed by atoms with Crippen molar-refractivity contribution >= 4 is 25.4 Å². The zero-order chi connectivity index (χ0) is 21.7. The van der Waals surface area contributed by atoms with E-state index in [-0.39, 0.29) is 23.6 Å². The van der Waals surface area contributed by atoms with Gasteiger partial charge in [0.15, 0.2) is 26.4 Å². The number of methoxy groups -OCH3 is 2. The van der Waals surface area contributed by atoms with Crippen LogP contribution >= 0.6 is 0 Å². The fourth-order valence-electron chi connectivity index (χ4n) is 2.44. The molecule has 0 atom stereocenters. The number of nitrogens with two attached hydrogens (primary N) is 1. The Morgan fingerprint density at radius 3 is 2.24 bits per heavy atom. The van der Waals surface area contributed by atoms with Crippen LogP contribution in [0.4, 0.5) is 5.69 Å². The van der Waals surface area contributed by atoms with E-state index in [1.807, 2.05) is 5.25 Å². The second-order valence-electron chi connectivity index (χ2n) is 6.12. The summed E-state index contributed by atoms with van der Waals surface area (Å²) in [7, 11) is -5.28. The maximum atomic E-state index is 12.2. The van der Waals surface area contributed by atoms with Gasteiger partial charge in [-0.15, -0.1) is 0 Å². The monoisotopic (exact) mass is 439 g/mol. The summed E-state index contributed by atoms with van der Waals surface area (Å²) < 4.78 is 58.6. The molecule has 0 radical (unpaired) electrons. The number of hydrogen-bond acceptors (Lipinski definition) is 8. The quantitative estimate of drug-likeness (QED) is 0.488. The molecular weight excluding hydrogens is 418 g/mol. The highest BCUT2D eigenvalue weighted by molar-refractivity contribution is 8.10. The van der Waals surface area contributed by atoms with E-state index in [2.05, 4.69) is 5.92 Å². The molecule has 0 aliphatic heterocycles. The summed E-state index contributed by atoms with van der Waals surface area (Å²) in [5.74, 6) is 2.56. The Balaban J connectivity index is 2.07. The lowest BCUT2D eigenvalue weighted by Crippen LogP contribution is -2.19. The van der Waals surface area contributed by atoms with Crippen molar-refractivity contribution in [1.82, 2.24) is 0 Å². The first-order chi connectivity index (χ1) is 13.5. The fraction of sp³-hybridized carbons (Fsp3) is 0.263. The number of sulfone groups is 2. The van der Waals surface area contributed by atoms with Crippen LogP contribution in [0.3, 0.4) is 0 Å². The normalized spacial score (nSPS) is 11.4. The minimum atomic E-state index is -4.18. The molecule has 0 spiro atoms. The standard InChI is InChI=1S/C19H21NO7S2/c1-26-18-5-3-14(11-16(18)20)7-9-28(22,23)13-29(24,25)10-8-15-4-6-19(27-2)17(21)12-15/h3-6,11-12,21H,8,10,13,20H2,1-2H3. The molecule has 8 nitrogen and oxygen atoms in total. The van der Waals surface area contributed by atoms with Gasteiger partial charge >= 0.3 is 0 Å². The summed E-state index contributed by atoms with van der Waals surface area (Å²) in [4.78, 5) is 0. The average Bonchev–Trinajstić information content (AvgIpc) is 2.64. The summed E-state index contributed by atoms with van der Waals surface area (Å²) in [6, 6.07) is 8.95. The molecule has 0 saturated carbocycles. The first-order valence-corrected chi connectivity index (χ1v) is 11.8. The van der Waals surface area contributed by atoms with E-state index in [1.54, 1.807) is 6.07 Å². The molecule has 0 unspecified atom stereocenters. The van der Waals surface area contributed by atoms with E-state index in [1.165, 1.54) is 44.6 Å².